The van der Waals surface area contributed by atoms with Gasteiger partial charge in [0.15, 0.2) is 0 Å². The second-order valence-electron chi connectivity index (χ2n) is 7.10. The summed E-state index contributed by atoms with van der Waals surface area (Å²) in [5.74, 6) is 0. The SMILES string of the molecule is Cc1ccccc1-c1ccc(C[C@@H](C)NC(=O)OC(C)(C)C)nc1. The summed E-state index contributed by atoms with van der Waals surface area (Å²) in [4.78, 5) is 16.3. The zero-order chi connectivity index (χ0) is 17.7. The van der Waals surface area contributed by atoms with Crippen LogP contribution in [0.5, 0.6) is 0 Å². The molecular formula is C20H26N2O2. The quantitative estimate of drug-likeness (QED) is 0.899. The van der Waals surface area contributed by atoms with E-state index >= 15 is 0 Å². The number of benzene rings is 1. The Kier molecular flexibility index (Phi) is 5.60. The van der Waals surface area contributed by atoms with Crippen molar-refractivity contribution in [1.29, 1.82) is 0 Å². The highest BCUT2D eigenvalue weighted by Gasteiger charge is 2.18. The Morgan fingerprint density at radius 3 is 2.50 bits per heavy atom. The molecule has 2 aromatic rings. The Morgan fingerprint density at radius 2 is 1.92 bits per heavy atom. The highest BCUT2D eigenvalue weighted by Crippen LogP contribution is 2.22. The van der Waals surface area contributed by atoms with Crippen molar-refractivity contribution in [3.05, 3.63) is 53.9 Å². The van der Waals surface area contributed by atoms with E-state index in [4.69, 9.17) is 4.74 Å². The topological polar surface area (TPSA) is 51.2 Å². The fourth-order valence-corrected chi connectivity index (χ4v) is 2.47. The predicted octanol–water partition coefficient (Wildman–Crippen LogP) is 4.51. The highest BCUT2D eigenvalue weighted by molar-refractivity contribution is 5.68. The number of carbonyl (C=O) groups is 1. The Balaban J connectivity index is 1.97. The van der Waals surface area contributed by atoms with Crippen LogP contribution >= 0.6 is 0 Å². The van der Waals surface area contributed by atoms with Crippen LogP contribution in [0, 0.1) is 6.92 Å². The van der Waals surface area contributed by atoms with Gasteiger partial charge in [-0.25, -0.2) is 4.79 Å². The molecule has 0 aliphatic carbocycles. The molecule has 0 saturated heterocycles. The van der Waals surface area contributed by atoms with Gasteiger partial charge in [0.2, 0.25) is 0 Å². The van der Waals surface area contributed by atoms with Gasteiger partial charge in [-0.3, -0.25) is 4.98 Å². The van der Waals surface area contributed by atoms with Gasteiger partial charge in [-0.15, -0.1) is 0 Å². The van der Waals surface area contributed by atoms with E-state index in [0.29, 0.717) is 6.42 Å². The number of rotatable bonds is 4. The molecule has 128 valence electrons. The van der Waals surface area contributed by atoms with Gasteiger partial charge < -0.3 is 10.1 Å². The van der Waals surface area contributed by atoms with Gasteiger partial charge in [-0.1, -0.05) is 30.3 Å². The molecule has 1 amide bonds. The molecule has 4 nitrogen and oxygen atoms in total. The van der Waals surface area contributed by atoms with Gasteiger partial charge in [-0.2, -0.15) is 0 Å². The number of aromatic nitrogens is 1. The summed E-state index contributed by atoms with van der Waals surface area (Å²) in [6, 6.07) is 12.3. The number of amides is 1. The minimum absolute atomic E-state index is 0.0448. The minimum atomic E-state index is -0.489. The number of nitrogens with one attached hydrogen (secondary N) is 1. The molecule has 0 aliphatic rings. The Bertz CT molecular complexity index is 688. The molecule has 2 rings (SSSR count). The monoisotopic (exact) mass is 326 g/mol. The maximum absolute atomic E-state index is 11.8. The van der Waals surface area contributed by atoms with E-state index in [1.807, 2.05) is 52.1 Å². The van der Waals surface area contributed by atoms with Crippen molar-refractivity contribution in [2.45, 2.75) is 52.7 Å². The van der Waals surface area contributed by atoms with E-state index in [1.165, 1.54) is 11.1 Å². The van der Waals surface area contributed by atoms with Crippen LogP contribution in [-0.4, -0.2) is 22.7 Å². The van der Waals surface area contributed by atoms with Crippen molar-refractivity contribution in [2.75, 3.05) is 0 Å². The lowest BCUT2D eigenvalue weighted by Crippen LogP contribution is -2.38. The van der Waals surface area contributed by atoms with Gasteiger partial charge in [0, 0.05) is 29.9 Å². The molecule has 0 aliphatic heterocycles. The van der Waals surface area contributed by atoms with Crippen LogP contribution < -0.4 is 5.32 Å². The zero-order valence-electron chi connectivity index (χ0n) is 15.1. The van der Waals surface area contributed by atoms with E-state index < -0.39 is 11.7 Å². The van der Waals surface area contributed by atoms with Gasteiger partial charge in [-0.05, 0) is 51.8 Å². The lowest BCUT2D eigenvalue weighted by molar-refractivity contribution is 0.0508. The molecular weight excluding hydrogens is 300 g/mol. The van der Waals surface area contributed by atoms with Crippen LogP contribution in [-0.2, 0) is 11.2 Å². The number of ether oxygens (including phenoxy) is 1. The van der Waals surface area contributed by atoms with Crippen molar-refractivity contribution in [1.82, 2.24) is 10.3 Å². The summed E-state index contributed by atoms with van der Waals surface area (Å²) in [7, 11) is 0. The van der Waals surface area contributed by atoms with Crippen LogP contribution in [0.1, 0.15) is 39.0 Å². The largest absolute Gasteiger partial charge is 0.444 e. The van der Waals surface area contributed by atoms with Crippen molar-refractivity contribution >= 4 is 6.09 Å². The number of aryl methyl sites for hydroxylation is 1. The number of alkyl carbamates (subject to hydrolysis) is 1. The molecule has 0 radical (unpaired) electrons. The summed E-state index contributed by atoms with van der Waals surface area (Å²) < 4.78 is 5.27. The Hall–Kier alpha value is -2.36. The third-order valence-corrected chi connectivity index (χ3v) is 3.56. The first-order chi connectivity index (χ1) is 11.2. The summed E-state index contributed by atoms with van der Waals surface area (Å²) in [6.07, 6.45) is 2.15. The Morgan fingerprint density at radius 1 is 1.21 bits per heavy atom. The van der Waals surface area contributed by atoms with Gasteiger partial charge in [0.1, 0.15) is 5.60 Å². The summed E-state index contributed by atoms with van der Waals surface area (Å²) >= 11 is 0. The number of carbonyl (C=O) groups excluding carboxylic acids is 1. The Labute approximate surface area is 144 Å². The number of hydrogen-bond acceptors (Lipinski definition) is 3. The second-order valence-corrected chi connectivity index (χ2v) is 7.10. The first-order valence-corrected chi connectivity index (χ1v) is 8.25. The molecule has 0 bridgehead atoms. The third kappa shape index (κ3) is 5.37. The van der Waals surface area contributed by atoms with E-state index in [9.17, 15) is 4.79 Å². The van der Waals surface area contributed by atoms with Crippen LogP contribution in [0.3, 0.4) is 0 Å². The maximum atomic E-state index is 11.8. The molecule has 1 heterocycles. The lowest BCUT2D eigenvalue weighted by atomic mass is 10.0. The standard InChI is InChI=1S/C20H26N2O2/c1-14-8-6-7-9-18(14)16-10-11-17(21-13-16)12-15(2)22-19(23)24-20(3,4)5/h6-11,13,15H,12H2,1-5H3,(H,22,23)/t15-/m1/s1. The summed E-state index contributed by atoms with van der Waals surface area (Å²) in [5, 5.41) is 2.84. The first-order valence-electron chi connectivity index (χ1n) is 8.25. The van der Waals surface area contributed by atoms with Crippen molar-refractivity contribution in [3.63, 3.8) is 0 Å². The summed E-state index contributed by atoms with van der Waals surface area (Å²) in [6.45, 7) is 9.59. The fraction of sp³-hybridized carbons (Fsp3) is 0.400. The predicted molar refractivity (Wildman–Crippen MR) is 96.9 cm³/mol. The average Bonchev–Trinajstić information content (AvgIpc) is 2.46. The molecule has 24 heavy (non-hydrogen) atoms. The van der Waals surface area contributed by atoms with Crippen molar-refractivity contribution in [2.24, 2.45) is 0 Å². The lowest BCUT2D eigenvalue weighted by Gasteiger charge is -2.21. The fourth-order valence-electron chi connectivity index (χ4n) is 2.47. The number of hydrogen-bond donors (Lipinski definition) is 1. The van der Waals surface area contributed by atoms with E-state index in [0.717, 1.165) is 11.3 Å². The van der Waals surface area contributed by atoms with Gasteiger partial charge >= 0.3 is 6.09 Å². The van der Waals surface area contributed by atoms with Crippen LogP contribution in [0.25, 0.3) is 11.1 Å². The molecule has 4 heteroatoms. The van der Waals surface area contributed by atoms with Crippen molar-refractivity contribution < 1.29 is 9.53 Å². The van der Waals surface area contributed by atoms with Gasteiger partial charge in [0.05, 0.1) is 0 Å². The normalized spacial score (nSPS) is 12.5. The van der Waals surface area contributed by atoms with Crippen LogP contribution in [0.15, 0.2) is 42.6 Å². The average molecular weight is 326 g/mol. The first kappa shape index (κ1) is 18.0. The second kappa shape index (κ2) is 7.47. The molecule has 0 fully saturated rings. The van der Waals surface area contributed by atoms with Crippen LogP contribution in [0.4, 0.5) is 4.79 Å². The molecule has 1 atom stereocenters. The highest BCUT2D eigenvalue weighted by atomic mass is 16.6. The summed E-state index contributed by atoms with van der Waals surface area (Å²) in [5.41, 5.74) is 3.97. The molecule has 0 saturated carbocycles. The minimum Gasteiger partial charge on any atom is -0.444 e. The molecule has 1 aromatic heterocycles. The molecule has 0 spiro atoms. The zero-order valence-corrected chi connectivity index (χ0v) is 15.1. The van der Waals surface area contributed by atoms with E-state index in [-0.39, 0.29) is 6.04 Å². The molecule has 1 aromatic carbocycles. The number of pyridine rings is 1. The number of nitrogens with zero attached hydrogens (tertiary/aromatic N) is 1. The van der Waals surface area contributed by atoms with Gasteiger partial charge in [0.25, 0.3) is 0 Å². The molecule has 0 unspecified atom stereocenters. The molecule has 1 N–H and O–H groups in total. The van der Waals surface area contributed by atoms with Crippen LogP contribution in [0.2, 0.25) is 0 Å². The van der Waals surface area contributed by atoms with Crippen molar-refractivity contribution in [3.8, 4) is 11.1 Å². The smallest absolute Gasteiger partial charge is 0.407 e. The van der Waals surface area contributed by atoms with E-state index in [1.54, 1.807) is 0 Å². The third-order valence-electron chi connectivity index (χ3n) is 3.56. The van der Waals surface area contributed by atoms with E-state index in [2.05, 4.69) is 35.4 Å². The maximum Gasteiger partial charge on any atom is 0.407 e.